The van der Waals surface area contributed by atoms with Gasteiger partial charge in [-0.15, -0.1) is 0 Å². The number of piperazine rings is 1. The summed E-state index contributed by atoms with van der Waals surface area (Å²) >= 11 is 0. The minimum atomic E-state index is -0.0844. The van der Waals surface area contributed by atoms with Crippen molar-refractivity contribution in [1.29, 1.82) is 0 Å². The van der Waals surface area contributed by atoms with Crippen molar-refractivity contribution >= 4 is 11.9 Å². The minimum Gasteiger partial charge on any atom is -0.462 e. The third-order valence-electron chi connectivity index (χ3n) is 8.02. The molecule has 7 heteroatoms. The first kappa shape index (κ1) is 34.8. The molecule has 0 saturated carbocycles. The third kappa shape index (κ3) is 18.2. The Kier molecular flexibility index (Phi) is 19.0. The highest BCUT2D eigenvalue weighted by Crippen LogP contribution is 2.12. The summed E-state index contributed by atoms with van der Waals surface area (Å²) in [4.78, 5) is 27.2. The van der Waals surface area contributed by atoms with Gasteiger partial charge in [0.1, 0.15) is 0 Å². The molecule has 0 radical (unpaired) electrons. The van der Waals surface area contributed by atoms with Gasteiger partial charge in [-0.1, -0.05) is 90.9 Å². The Morgan fingerprint density at radius 2 is 1.16 bits per heavy atom. The van der Waals surface area contributed by atoms with E-state index in [0.717, 1.165) is 69.4 Å². The Morgan fingerprint density at radius 3 is 1.66 bits per heavy atom. The van der Waals surface area contributed by atoms with Crippen LogP contribution in [0.25, 0.3) is 0 Å². The van der Waals surface area contributed by atoms with E-state index in [1.165, 1.54) is 64.2 Å². The maximum absolute atomic E-state index is 12.4. The highest BCUT2D eigenvalue weighted by Gasteiger charge is 2.32. The Bertz CT molecular complexity index is 618. The lowest BCUT2D eigenvalue weighted by molar-refractivity contribution is -0.907. The average molecular weight is 542 g/mol. The number of carbonyl (C=O) groups is 2. The van der Waals surface area contributed by atoms with Gasteiger partial charge in [0.15, 0.2) is 13.1 Å². The monoisotopic (exact) mass is 541 g/mol. The number of nitrogens with zero attached hydrogens (tertiary/aromatic N) is 3. The van der Waals surface area contributed by atoms with Gasteiger partial charge < -0.3 is 18.4 Å². The van der Waals surface area contributed by atoms with Crippen molar-refractivity contribution in [2.75, 3.05) is 86.7 Å². The van der Waals surface area contributed by atoms with Crippen LogP contribution in [0, 0.1) is 0 Å². The molecule has 0 aromatic carbocycles. The number of rotatable bonds is 23. The number of carbonyl (C=O) groups excluding carboxylic acids is 2. The molecule has 0 amide bonds. The number of unbranched alkanes of at least 4 members (excludes halogenated alkanes) is 12. The second-order valence-electron chi connectivity index (χ2n) is 12.6. The molecule has 0 aromatic rings. The second-order valence-corrected chi connectivity index (χ2v) is 12.6. The predicted octanol–water partition coefficient (Wildman–Crippen LogP) is 5.41. The van der Waals surface area contributed by atoms with Gasteiger partial charge in [0.2, 0.25) is 0 Å². The van der Waals surface area contributed by atoms with Crippen molar-refractivity contribution in [2.24, 2.45) is 0 Å². The summed E-state index contributed by atoms with van der Waals surface area (Å²) in [7, 11) is 6.40. The van der Waals surface area contributed by atoms with Gasteiger partial charge in [-0.25, -0.2) is 9.59 Å². The molecule has 0 aromatic heterocycles. The summed E-state index contributed by atoms with van der Waals surface area (Å²) in [5, 5.41) is 0. The summed E-state index contributed by atoms with van der Waals surface area (Å²) in [6, 6.07) is 0. The molecule has 0 aliphatic carbocycles. The summed E-state index contributed by atoms with van der Waals surface area (Å²) in [5.41, 5.74) is 0. The maximum Gasteiger partial charge on any atom is 0.361 e. The lowest BCUT2D eigenvalue weighted by Crippen LogP contribution is -2.60. The van der Waals surface area contributed by atoms with Crippen LogP contribution in [0.4, 0.5) is 0 Å². The molecule has 0 unspecified atom stereocenters. The maximum atomic E-state index is 12.4. The normalized spacial score (nSPS) is 15.9. The predicted molar refractivity (Wildman–Crippen MR) is 157 cm³/mol. The Hall–Kier alpha value is -1.18. The Morgan fingerprint density at radius 1 is 0.711 bits per heavy atom. The minimum absolute atomic E-state index is 0.0558. The van der Waals surface area contributed by atoms with E-state index in [9.17, 15) is 9.59 Å². The average Bonchev–Trinajstić information content (AvgIpc) is 2.86. The van der Waals surface area contributed by atoms with Gasteiger partial charge in [-0.05, 0) is 12.8 Å². The van der Waals surface area contributed by atoms with Gasteiger partial charge in [0, 0.05) is 19.6 Å². The third-order valence-corrected chi connectivity index (χ3v) is 8.02. The molecule has 1 heterocycles. The second kappa shape index (κ2) is 20.7. The van der Waals surface area contributed by atoms with E-state index in [1.807, 2.05) is 0 Å². The molecule has 1 saturated heterocycles. The van der Waals surface area contributed by atoms with Crippen LogP contribution in [0.1, 0.15) is 104 Å². The van der Waals surface area contributed by atoms with Gasteiger partial charge in [-0.3, -0.25) is 4.90 Å². The number of hydrogen-bond acceptors (Lipinski definition) is 5. The number of hydrogen-bond donors (Lipinski definition) is 0. The summed E-state index contributed by atoms with van der Waals surface area (Å²) < 4.78 is 12.5. The van der Waals surface area contributed by atoms with Gasteiger partial charge in [0.25, 0.3) is 0 Å². The van der Waals surface area contributed by atoms with Gasteiger partial charge in [0.05, 0.1) is 54.0 Å². The van der Waals surface area contributed by atoms with Gasteiger partial charge in [-0.2, -0.15) is 0 Å². The van der Waals surface area contributed by atoms with E-state index in [-0.39, 0.29) is 11.9 Å². The quantitative estimate of drug-likeness (QED) is 0.0983. The zero-order valence-corrected chi connectivity index (χ0v) is 25.9. The highest BCUT2D eigenvalue weighted by molar-refractivity contribution is 5.70. The molecule has 0 bridgehead atoms. The van der Waals surface area contributed by atoms with Crippen LogP contribution in [-0.2, 0) is 19.1 Å². The molecule has 38 heavy (non-hydrogen) atoms. The van der Waals surface area contributed by atoms with Crippen molar-refractivity contribution in [1.82, 2.24) is 4.90 Å². The zero-order valence-electron chi connectivity index (χ0n) is 25.9. The first-order valence-electron chi connectivity index (χ1n) is 15.9. The van der Waals surface area contributed by atoms with Crippen LogP contribution in [-0.4, -0.2) is 113 Å². The van der Waals surface area contributed by atoms with E-state index in [1.54, 1.807) is 0 Å². The topological polar surface area (TPSA) is 55.8 Å². The van der Waals surface area contributed by atoms with Crippen molar-refractivity contribution in [3.63, 3.8) is 0 Å². The number of ether oxygens (including phenoxy) is 2. The molecule has 1 fully saturated rings. The van der Waals surface area contributed by atoms with Crippen LogP contribution < -0.4 is 0 Å². The molecule has 0 atom stereocenters. The van der Waals surface area contributed by atoms with E-state index < -0.39 is 0 Å². The number of quaternary nitrogens is 2. The molecule has 1 aliphatic rings. The van der Waals surface area contributed by atoms with Crippen LogP contribution >= 0.6 is 0 Å². The molecule has 7 nitrogen and oxygen atoms in total. The van der Waals surface area contributed by atoms with E-state index in [4.69, 9.17) is 9.47 Å². The van der Waals surface area contributed by atoms with E-state index in [2.05, 4.69) is 39.9 Å². The first-order chi connectivity index (χ1) is 18.2. The Balaban J connectivity index is 2.14. The standard InChI is InChI=1S/C31H63N3O4/c1-6-8-10-12-14-16-18-26-37-30(35)28-33(3,4)23-20-32-21-24-34(5,25-22-32)29-31(36)38-27-19-17-15-13-11-9-7-2/h6-29H2,1-5H3/q+2. The molecule has 224 valence electrons. The van der Waals surface area contributed by atoms with Crippen molar-refractivity contribution in [3.05, 3.63) is 0 Å². The van der Waals surface area contributed by atoms with E-state index in [0.29, 0.717) is 30.8 Å². The number of esters is 2. The lowest BCUT2D eigenvalue weighted by Gasteiger charge is -2.42. The summed E-state index contributed by atoms with van der Waals surface area (Å²) in [5.74, 6) is -0.140. The molecule has 0 spiro atoms. The molecule has 0 N–H and O–H groups in total. The zero-order chi connectivity index (χ0) is 28.1. The molecular weight excluding hydrogens is 478 g/mol. The first-order valence-corrected chi connectivity index (χ1v) is 15.9. The summed E-state index contributed by atoms with van der Waals surface area (Å²) in [6.45, 7) is 12.2. The molecule has 1 rings (SSSR count). The van der Waals surface area contributed by atoms with Crippen LogP contribution in [0.5, 0.6) is 0 Å². The fourth-order valence-corrected chi connectivity index (χ4v) is 5.10. The SMILES string of the molecule is CCCCCCCCCOC(=O)C[N+](C)(C)CCN1CC[N+](C)(CC(=O)OCCCCCCCCC)CC1. The van der Waals surface area contributed by atoms with Crippen LogP contribution in [0.3, 0.4) is 0 Å². The smallest absolute Gasteiger partial charge is 0.361 e. The highest BCUT2D eigenvalue weighted by atomic mass is 16.5. The van der Waals surface area contributed by atoms with Crippen LogP contribution in [0.2, 0.25) is 0 Å². The Labute approximate surface area is 235 Å². The van der Waals surface area contributed by atoms with E-state index >= 15 is 0 Å². The fourth-order valence-electron chi connectivity index (χ4n) is 5.10. The van der Waals surface area contributed by atoms with Crippen molar-refractivity contribution < 1.29 is 28.0 Å². The largest absolute Gasteiger partial charge is 0.462 e. The van der Waals surface area contributed by atoms with Crippen LogP contribution in [0.15, 0.2) is 0 Å². The van der Waals surface area contributed by atoms with Gasteiger partial charge >= 0.3 is 11.9 Å². The summed E-state index contributed by atoms with van der Waals surface area (Å²) in [6.07, 6.45) is 17.2. The molecular formula is C31H63N3O4+2. The fraction of sp³-hybridized carbons (Fsp3) is 0.935. The van der Waals surface area contributed by atoms with Crippen molar-refractivity contribution in [3.8, 4) is 0 Å². The number of likely N-dealkylation sites (N-methyl/N-ethyl adjacent to an activating group) is 2. The van der Waals surface area contributed by atoms with Crippen molar-refractivity contribution in [2.45, 2.75) is 104 Å². The lowest BCUT2D eigenvalue weighted by atomic mass is 10.1. The molecule has 1 aliphatic heterocycles.